The molecule has 1 aliphatic heterocycles. The summed E-state index contributed by atoms with van der Waals surface area (Å²) in [6.07, 6.45) is 7.20. The van der Waals surface area contributed by atoms with Crippen LogP contribution in [0.4, 0.5) is 0 Å². The SMILES string of the molecule is CCCN1CCCCC(CNC)C1c1nccs1. The Hall–Kier alpha value is -0.450. The normalized spacial score (nSPS) is 26.1. The van der Waals surface area contributed by atoms with Crippen LogP contribution in [0.1, 0.15) is 43.7 Å². The van der Waals surface area contributed by atoms with Crippen molar-refractivity contribution in [2.45, 2.75) is 38.6 Å². The van der Waals surface area contributed by atoms with Crippen LogP contribution in [-0.2, 0) is 0 Å². The molecular formula is C14H25N3S. The molecule has 1 fully saturated rings. The Morgan fingerprint density at radius 1 is 1.50 bits per heavy atom. The maximum Gasteiger partial charge on any atom is 0.110 e. The lowest BCUT2D eigenvalue weighted by atomic mass is 9.94. The number of hydrogen-bond donors (Lipinski definition) is 1. The fourth-order valence-electron chi connectivity index (χ4n) is 3.07. The van der Waals surface area contributed by atoms with E-state index in [1.165, 1.54) is 43.8 Å². The van der Waals surface area contributed by atoms with E-state index in [2.05, 4.69) is 34.6 Å². The summed E-state index contributed by atoms with van der Waals surface area (Å²) >= 11 is 1.82. The van der Waals surface area contributed by atoms with Gasteiger partial charge in [-0.15, -0.1) is 11.3 Å². The molecule has 2 unspecified atom stereocenters. The Morgan fingerprint density at radius 2 is 2.39 bits per heavy atom. The first kappa shape index (κ1) is 14.0. The second kappa shape index (κ2) is 7.22. The van der Waals surface area contributed by atoms with Gasteiger partial charge in [-0.2, -0.15) is 0 Å². The van der Waals surface area contributed by atoms with E-state index >= 15 is 0 Å². The maximum absolute atomic E-state index is 4.60. The van der Waals surface area contributed by atoms with Crippen LogP contribution < -0.4 is 5.32 Å². The van der Waals surface area contributed by atoms with Gasteiger partial charge in [0.15, 0.2) is 0 Å². The summed E-state index contributed by atoms with van der Waals surface area (Å²) in [5.74, 6) is 0.704. The van der Waals surface area contributed by atoms with Gasteiger partial charge in [-0.3, -0.25) is 4.90 Å². The molecule has 0 aliphatic carbocycles. The lowest BCUT2D eigenvalue weighted by Crippen LogP contribution is -2.36. The van der Waals surface area contributed by atoms with E-state index in [0.717, 1.165) is 6.54 Å². The van der Waals surface area contributed by atoms with E-state index in [1.807, 2.05) is 17.5 Å². The molecule has 0 radical (unpaired) electrons. The summed E-state index contributed by atoms with van der Waals surface area (Å²) < 4.78 is 0. The van der Waals surface area contributed by atoms with Crippen LogP contribution >= 0.6 is 11.3 Å². The molecule has 4 heteroatoms. The fraction of sp³-hybridized carbons (Fsp3) is 0.786. The van der Waals surface area contributed by atoms with Crippen molar-refractivity contribution in [3.8, 4) is 0 Å². The second-order valence-electron chi connectivity index (χ2n) is 5.16. The minimum Gasteiger partial charge on any atom is -0.319 e. The Bertz CT molecular complexity index is 310. The number of thiazole rings is 1. The average Bonchev–Trinajstić information content (AvgIpc) is 2.81. The van der Waals surface area contributed by atoms with Gasteiger partial charge in [-0.05, 0) is 51.9 Å². The second-order valence-corrected chi connectivity index (χ2v) is 6.09. The van der Waals surface area contributed by atoms with E-state index in [1.54, 1.807) is 0 Å². The molecule has 0 aromatic carbocycles. The summed E-state index contributed by atoms with van der Waals surface area (Å²) in [7, 11) is 2.06. The van der Waals surface area contributed by atoms with E-state index in [-0.39, 0.29) is 0 Å². The zero-order valence-corrected chi connectivity index (χ0v) is 12.4. The summed E-state index contributed by atoms with van der Waals surface area (Å²) in [6, 6.07) is 0.528. The molecule has 2 atom stereocenters. The highest BCUT2D eigenvalue weighted by atomic mass is 32.1. The summed E-state index contributed by atoms with van der Waals surface area (Å²) in [6.45, 7) is 5.81. The quantitative estimate of drug-likeness (QED) is 0.889. The monoisotopic (exact) mass is 267 g/mol. The van der Waals surface area contributed by atoms with E-state index in [0.29, 0.717) is 12.0 Å². The molecule has 0 bridgehead atoms. The first-order chi connectivity index (χ1) is 8.86. The largest absolute Gasteiger partial charge is 0.319 e. The van der Waals surface area contributed by atoms with Crippen molar-refractivity contribution < 1.29 is 0 Å². The third kappa shape index (κ3) is 3.31. The van der Waals surface area contributed by atoms with Gasteiger partial charge in [0, 0.05) is 11.6 Å². The van der Waals surface area contributed by atoms with E-state index in [4.69, 9.17) is 0 Å². The van der Waals surface area contributed by atoms with Gasteiger partial charge in [0.05, 0.1) is 6.04 Å². The minimum absolute atomic E-state index is 0.528. The number of likely N-dealkylation sites (tertiary alicyclic amines) is 1. The van der Waals surface area contributed by atoms with Crippen LogP contribution in [0.25, 0.3) is 0 Å². The van der Waals surface area contributed by atoms with Crippen molar-refractivity contribution in [3.63, 3.8) is 0 Å². The Labute approximate surface area is 115 Å². The third-order valence-corrected chi connectivity index (χ3v) is 4.64. The molecule has 18 heavy (non-hydrogen) atoms. The number of nitrogens with one attached hydrogen (secondary N) is 1. The number of aromatic nitrogens is 1. The summed E-state index contributed by atoms with van der Waals surface area (Å²) in [4.78, 5) is 7.26. The predicted molar refractivity (Wildman–Crippen MR) is 78.0 cm³/mol. The molecule has 2 rings (SSSR count). The Kier molecular flexibility index (Phi) is 5.60. The van der Waals surface area contributed by atoms with Crippen LogP contribution in [0.15, 0.2) is 11.6 Å². The Morgan fingerprint density at radius 3 is 3.06 bits per heavy atom. The molecule has 1 aromatic rings. The third-order valence-electron chi connectivity index (χ3n) is 3.79. The molecule has 0 saturated carbocycles. The van der Waals surface area contributed by atoms with Crippen LogP contribution in [0.5, 0.6) is 0 Å². The zero-order chi connectivity index (χ0) is 12.8. The van der Waals surface area contributed by atoms with Crippen molar-refractivity contribution in [1.82, 2.24) is 15.2 Å². The van der Waals surface area contributed by atoms with Crippen LogP contribution in [0.2, 0.25) is 0 Å². The molecule has 1 aliphatic rings. The van der Waals surface area contributed by atoms with Gasteiger partial charge in [0.25, 0.3) is 0 Å². The smallest absolute Gasteiger partial charge is 0.110 e. The number of rotatable bonds is 5. The van der Waals surface area contributed by atoms with Crippen molar-refractivity contribution >= 4 is 11.3 Å². The highest BCUT2D eigenvalue weighted by Crippen LogP contribution is 2.35. The lowest BCUT2D eigenvalue weighted by Gasteiger charge is -2.33. The van der Waals surface area contributed by atoms with Gasteiger partial charge in [-0.25, -0.2) is 4.98 Å². The van der Waals surface area contributed by atoms with Gasteiger partial charge >= 0.3 is 0 Å². The van der Waals surface area contributed by atoms with Gasteiger partial charge < -0.3 is 5.32 Å². The molecule has 1 saturated heterocycles. The minimum atomic E-state index is 0.528. The van der Waals surface area contributed by atoms with E-state index in [9.17, 15) is 0 Å². The van der Waals surface area contributed by atoms with Crippen LogP contribution in [0.3, 0.4) is 0 Å². The summed E-state index contributed by atoms with van der Waals surface area (Å²) in [5, 5.41) is 6.79. The van der Waals surface area contributed by atoms with Gasteiger partial charge in [-0.1, -0.05) is 13.3 Å². The highest BCUT2D eigenvalue weighted by Gasteiger charge is 2.31. The standard InChI is InChI=1S/C14H25N3S/c1-3-8-17-9-5-4-6-12(11-15-2)13(17)14-16-7-10-18-14/h7,10,12-13,15H,3-6,8-9,11H2,1-2H3. The first-order valence-corrected chi connectivity index (χ1v) is 8.02. The number of nitrogens with zero attached hydrogens (tertiary/aromatic N) is 2. The molecule has 1 aromatic heterocycles. The fourth-order valence-corrected chi connectivity index (χ4v) is 3.93. The van der Waals surface area contributed by atoms with Crippen molar-refractivity contribution in [1.29, 1.82) is 0 Å². The highest BCUT2D eigenvalue weighted by molar-refractivity contribution is 7.09. The average molecular weight is 267 g/mol. The topological polar surface area (TPSA) is 28.2 Å². The molecule has 0 amide bonds. The van der Waals surface area contributed by atoms with Gasteiger partial charge in [0.1, 0.15) is 5.01 Å². The van der Waals surface area contributed by atoms with Crippen LogP contribution in [0, 0.1) is 5.92 Å². The van der Waals surface area contributed by atoms with Crippen LogP contribution in [-0.4, -0.2) is 36.6 Å². The van der Waals surface area contributed by atoms with Crippen molar-refractivity contribution in [3.05, 3.63) is 16.6 Å². The first-order valence-electron chi connectivity index (χ1n) is 7.14. The summed E-state index contributed by atoms with van der Waals surface area (Å²) in [5.41, 5.74) is 0. The predicted octanol–water partition coefficient (Wildman–Crippen LogP) is 2.92. The molecule has 102 valence electrons. The molecule has 0 spiro atoms. The Balaban J connectivity index is 2.21. The molecular weight excluding hydrogens is 242 g/mol. The zero-order valence-electron chi connectivity index (χ0n) is 11.6. The lowest BCUT2D eigenvalue weighted by molar-refractivity contribution is 0.154. The van der Waals surface area contributed by atoms with E-state index < -0.39 is 0 Å². The maximum atomic E-state index is 4.60. The van der Waals surface area contributed by atoms with Gasteiger partial charge in [0.2, 0.25) is 0 Å². The molecule has 3 nitrogen and oxygen atoms in total. The molecule has 1 N–H and O–H groups in total. The number of hydrogen-bond acceptors (Lipinski definition) is 4. The molecule has 2 heterocycles. The van der Waals surface area contributed by atoms with Crippen molar-refractivity contribution in [2.24, 2.45) is 5.92 Å². The van der Waals surface area contributed by atoms with Crippen molar-refractivity contribution in [2.75, 3.05) is 26.7 Å².